The summed E-state index contributed by atoms with van der Waals surface area (Å²) in [5.41, 5.74) is -1.11. The highest BCUT2D eigenvalue weighted by Crippen LogP contribution is 2.56. The van der Waals surface area contributed by atoms with Crippen LogP contribution in [-0.4, -0.2) is 37.2 Å². The molecule has 1 aromatic heterocycles. The second kappa shape index (κ2) is 8.47. The number of hydrogen-bond donors (Lipinski definition) is 1. The van der Waals surface area contributed by atoms with Gasteiger partial charge < -0.3 is 4.74 Å². The minimum Gasteiger partial charge on any atom is -0.406 e. The quantitative estimate of drug-likeness (QED) is 0.467. The number of halogens is 3. The third-order valence-electron chi connectivity index (χ3n) is 6.29. The summed E-state index contributed by atoms with van der Waals surface area (Å²) in [4.78, 5) is 33.2. The molecule has 2 fully saturated rings. The van der Waals surface area contributed by atoms with E-state index in [1.165, 1.54) is 47.6 Å². The van der Waals surface area contributed by atoms with Crippen molar-refractivity contribution < 1.29 is 35.9 Å². The predicted molar refractivity (Wildman–Crippen MR) is 126 cm³/mol. The number of anilines is 3. The molecule has 9 nitrogen and oxygen atoms in total. The molecule has 1 aliphatic carbocycles. The second-order valence-corrected chi connectivity index (χ2v) is 10.3. The Morgan fingerprint density at radius 3 is 2.30 bits per heavy atom. The van der Waals surface area contributed by atoms with E-state index >= 15 is 0 Å². The van der Waals surface area contributed by atoms with Gasteiger partial charge in [0.05, 0.1) is 28.2 Å². The third-order valence-corrected chi connectivity index (χ3v) is 7.67. The summed E-state index contributed by atoms with van der Waals surface area (Å²) in [7, 11) is -4.04. The normalized spacial score (nSPS) is 21.5. The number of ether oxygens (including phenoxy) is 1. The molecule has 192 valence electrons. The summed E-state index contributed by atoms with van der Waals surface area (Å²) >= 11 is 0. The minimum atomic E-state index is -4.89. The Bertz CT molecular complexity index is 1480. The maximum absolute atomic E-state index is 13.6. The van der Waals surface area contributed by atoms with E-state index in [2.05, 4.69) is 14.4 Å². The summed E-state index contributed by atoms with van der Waals surface area (Å²) in [5.74, 6) is -1.33. The predicted octanol–water partition coefficient (Wildman–Crippen LogP) is 4.53. The number of pyridine rings is 1. The maximum Gasteiger partial charge on any atom is 0.573 e. The van der Waals surface area contributed by atoms with Crippen LogP contribution in [0.2, 0.25) is 0 Å². The SMILES string of the molecule is CC1CC12C(=O)N(c1ccc(OC(F)(F)F)cc1)C(=O)N2c1ccncc1NS(=O)(=O)c1ccccc1. The zero-order valence-corrected chi connectivity index (χ0v) is 20.0. The van der Waals surface area contributed by atoms with Crippen LogP contribution in [0.5, 0.6) is 5.75 Å². The number of carbonyl (C=O) groups is 2. The lowest BCUT2D eigenvalue weighted by molar-refractivity contribution is -0.274. The van der Waals surface area contributed by atoms with Gasteiger partial charge in [0.25, 0.3) is 15.9 Å². The van der Waals surface area contributed by atoms with Crippen molar-refractivity contribution >= 4 is 39.0 Å². The molecule has 1 aliphatic heterocycles. The molecule has 3 aromatic rings. The fraction of sp³-hybridized carbons (Fsp3) is 0.208. The van der Waals surface area contributed by atoms with Gasteiger partial charge in [-0.25, -0.2) is 18.1 Å². The molecule has 2 heterocycles. The van der Waals surface area contributed by atoms with Gasteiger partial charge in [0.2, 0.25) is 0 Å². The molecule has 37 heavy (non-hydrogen) atoms. The van der Waals surface area contributed by atoms with E-state index in [-0.39, 0.29) is 27.9 Å². The Kier molecular flexibility index (Phi) is 5.62. The maximum atomic E-state index is 13.6. The summed E-state index contributed by atoms with van der Waals surface area (Å²) in [6, 6.07) is 12.6. The fourth-order valence-corrected chi connectivity index (χ4v) is 5.55. The summed E-state index contributed by atoms with van der Waals surface area (Å²) in [5, 5.41) is 0. The van der Waals surface area contributed by atoms with Gasteiger partial charge in [-0.3, -0.25) is 19.4 Å². The zero-order chi connectivity index (χ0) is 26.6. The van der Waals surface area contributed by atoms with E-state index in [9.17, 15) is 31.2 Å². The van der Waals surface area contributed by atoms with Crippen molar-refractivity contribution in [2.45, 2.75) is 30.1 Å². The van der Waals surface area contributed by atoms with Crippen molar-refractivity contribution in [2.75, 3.05) is 14.5 Å². The molecule has 2 aliphatic rings. The monoisotopic (exact) mass is 532 g/mol. The van der Waals surface area contributed by atoms with Crippen LogP contribution in [0.4, 0.5) is 35.0 Å². The van der Waals surface area contributed by atoms with Crippen LogP contribution in [-0.2, 0) is 14.8 Å². The van der Waals surface area contributed by atoms with Gasteiger partial charge in [0.15, 0.2) is 0 Å². The van der Waals surface area contributed by atoms with E-state index in [0.29, 0.717) is 6.42 Å². The average Bonchev–Trinajstić information content (AvgIpc) is 3.46. The van der Waals surface area contributed by atoms with Gasteiger partial charge in [-0.15, -0.1) is 13.2 Å². The Morgan fingerprint density at radius 2 is 1.70 bits per heavy atom. The van der Waals surface area contributed by atoms with Gasteiger partial charge in [-0.05, 0) is 54.8 Å². The van der Waals surface area contributed by atoms with E-state index in [1.807, 2.05) is 0 Å². The number of imide groups is 1. The van der Waals surface area contributed by atoms with Crippen LogP contribution < -0.4 is 19.3 Å². The fourth-order valence-electron chi connectivity index (χ4n) is 4.47. The Hall–Kier alpha value is -4.13. The Labute approximate surface area is 209 Å². The molecule has 1 saturated heterocycles. The number of rotatable bonds is 6. The van der Waals surface area contributed by atoms with Crippen LogP contribution in [0.25, 0.3) is 0 Å². The molecule has 0 radical (unpaired) electrons. The molecule has 13 heteroatoms. The molecular formula is C24H19F3N4O5S. The van der Waals surface area contributed by atoms with E-state index < -0.39 is 39.6 Å². The van der Waals surface area contributed by atoms with Crippen LogP contribution in [0.1, 0.15) is 13.3 Å². The standard InChI is InChI=1S/C24H19F3N4O5S/c1-15-13-23(15)21(32)30(16-7-9-17(10-8-16)36-24(25,26)27)22(33)31(23)20-11-12-28-14-19(20)29-37(34,35)18-5-3-2-4-6-18/h2-12,14-15,29H,13H2,1H3. The number of benzene rings is 2. The lowest BCUT2D eigenvalue weighted by atomic mass is 10.1. The number of urea groups is 1. The smallest absolute Gasteiger partial charge is 0.406 e. The van der Waals surface area contributed by atoms with E-state index in [1.54, 1.807) is 25.1 Å². The number of alkyl halides is 3. The number of sulfonamides is 1. The van der Waals surface area contributed by atoms with Crippen LogP contribution in [0.15, 0.2) is 78.0 Å². The van der Waals surface area contributed by atoms with Crippen molar-refractivity contribution in [1.82, 2.24) is 4.98 Å². The number of nitrogens with one attached hydrogen (secondary N) is 1. The lowest BCUT2D eigenvalue weighted by Crippen LogP contribution is -2.39. The Balaban J connectivity index is 1.51. The van der Waals surface area contributed by atoms with Gasteiger partial charge in [0.1, 0.15) is 11.3 Å². The zero-order valence-electron chi connectivity index (χ0n) is 19.1. The van der Waals surface area contributed by atoms with Gasteiger partial charge in [-0.2, -0.15) is 0 Å². The average molecular weight is 533 g/mol. The van der Waals surface area contributed by atoms with Crippen molar-refractivity contribution in [3.05, 3.63) is 73.1 Å². The highest BCUT2D eigenvalue weighted by molar-refractivity contribution is 7.92. The summed E-state index contributed by atoms with van der Waals surface area (Å²) in [6.07, 6.45) is -1.98. The highest BCUT2D eigenvalue weighted by atomic mass is 32.2. The largest absolute Gasteiger partial charge is 0.573 e. The van der Waals surface area contributed by atoms with Crippen LogP contribution >= 0.6 is 0 Å². The van der Waals surface area contributed by atoms with Crippen LogP contribution in [0, 0.1) is 5.92 Å². The first-order valence-electron chi connectivity index (χ1n) is 11.0. The first-order chi connectivity index (χ1) is 17.4. The molecule has 3 amide bonds. The summed E-state index contributed by atoms with van der Waals surface area (Å²) < 4.78 is 69.8. The molecule has 2 unspecified atom stereocenters. The van der Waals surface area contributed by atoms with E-state index in [0.717, 1.165) is 17.0 Å². The van der Waals surface area contributed by atoms with Gasteiger partial charge in [-0.1, -0.05) is 25.1 Å². The minimum absolute atomic E-state index is 0.00840. The number of aromatic nitrogens is 1. The first-order valence-corrected chi connectivity index (χ1v) is 12.5. The number of hydrogen-bond acceptors (Lipinski definition) is 6. The summed E-state index contributed by atoms with van der Waals surface area (Å²) in [6.45, 7) is 1.77. The molecule has 2 atom stereocenters. The Morgan fingerprint density at radius 1 is 1.05 bits per heavy atom. The number of nitrogens with zero attached hydrogens (tertiary/aromatic N) is 3. The van der Waals surface area contributed by atoms with E-state index in [4.69, 9.17) is 0 Å². The highest BCUT2D eigenvalue weighted by Gasteiger charge is 2.71. The molecule has 0 bridgehead atoms. The number of amides is 3. The van der Waals surface area contributed by atoms with Crippen molar-refractivity contribution in [1.29, 1.82) is 0 Å². The molecule has 1 saturated carbocycles. The van der Waals surface area contributed by atoms with Crippen molar-refractivity contribution in [3.63, 3.8) is 0 Å². The third kappa shape index (κ3) is 4.24. The molecule has 1 N–H and O–H groups in total. The molecule has 2 aromatic carbocycles. The van der Waals surface area contributed by atoms with Gasteiger partial charge in [0, 0.05) is 6.20 Å². The first kappa shape index (κ1) is 24.6. The van der Waals surface area contributed by atoms with Crippen molar-refractivity contribution in [2.24, 2.45) is 5.92 Å². The second-order valence-electron chi connectivity index (χ2n) is 8.64. The van der Waals surface area contributed by atoms with Crippen LogP contribution in [0.3, 0.4) is 0 Å². The van der Waals surface area contributed by atoms with Gasteiger partial charge >= 0.3 is 12.4 Å². The van der Waals surface area contributed by atoms with Crippen molar-refractivity contribution in [3.8, 4) is 5.75 Å². The molecule has 1 spiro atoms. The lowest BCUT2D eigenvalue weighted by Gasteiger charge is -2.25. The number of carbonyl (C=O) groups excluding carboxylic acids is 2. The molecule has 5 rings (SSSR count). The topological polar surface area (TPSA) is 109 Å². The molecular weight excluding hydrogens is 513 g/mol.